The van der Waals surface area contributed by atoms with Crippen LogP contribution in [-0.4, -0.2) is 27.6 Å². The van der Waals surface area contributed by atoms with Gasteiger partial charge in [0, 0.05) is 36.4 Å². The minimum Gasteiger partial charge on any atom is -0.411 e. The molecule has 0 spiro atoms. The highest BCUT2D eigenvalue weighted by Crippen LogP contribution is 2.32. The van der Waals surface area contributed by atoms with Gasteiger partial charge >= 0.3 is 0 Å². The molecule has 0 saturated carbocycles. The average Bonchev–Trinajstić information content (AvgIpc) is 2.74. The molecule has 3 rings (SSSR count). The van der Waals surface area contributed by atoms with Crippen LogP contribution in [0.25, 0.3) is 0 Å². The topological polar surface area (TPSA) is 65.7 Å². The Morgan fingerprint density at radius 2 is 1.86 bits per heavy atom. The van der Waals surface area contributed by atoms with E-state index in [0.29, 0.717) is 12.1 Å². The van der Waals surface area contributed by atoms with Gasteiger partial charge in [0.2, 0.25) is 0 Å². The summed E-state index contributed by atoms with van der Waals surface area (Å²) in [5.74, 6) is 0.0599. The maximum absolute atomic E-state index is 9.79. The van der Waals surface area contributed by atoms with Gasteiger partial charge in [-0.05, 0) is 61.1 Å². The van der Waals surface area contributed by atoms with E-state index in [-0.39, 0.29) is 12.5 Å². The van der Waals surface area contributed by atoms with Crippen LogP contribution in [0, 0.1) is 13.8 Å². The van der Waals surface area contributed by atoms with Crippen LogP contribution in [0.3, 0.4) is 0 Å². The fourth-order valence-electron chi connectivity index (χ4n) is 3.77. The smallest absolute Gasteiger partial charge is 0.0878 e. The second-order valence-corrected chi connectivity index (χ2v) is 7.42. The van der Waals surface area contributed by atoms with Crippen LogP contribution >= 0.6 is 0 Å². The summed E-state index contributed by atoms with van der Waals surface area (Å²) >= 11 is 0. The molecule has 0 bridgehead atoms. The van der Waals surface area contributed by atoms with Crippen molar-refractivity contribution in [1.29, 1.82) is 0 Å². The third kappa shape index (κ3) is 5.30. The molecule has 3 aromatic rings. The van der Waals surface area contributed by atoms with Gasteiger partial charge in [0.1, 0.15) is 0 Å². The standard InChI is InChI=1S/C25H28N2O2/c1-18-7-3-4-11-23(18)24(21-10-5-8-20(16-21)9-6-14-28)17-25(27-29)22-12-13-26-19(2)15-22/h3-5,7-8,10-13,15-16,24,28-29H,6,9,14,17H2,1-2H3/b27-25-. The largest absolute Gasteiger partial charge is 0.411 e. The maximum Gasteiger partial charge on any atom is 0.0878 e. The zero-order chi connectivity index (χ0) is 20.6. The zero-order valence-corrected chi connectivity index (χ0v) is 17.0. The predicted octanol–water partition coefficient (Wildman–Crippen LogP) is 5.02. The molecule has 4 heteroatoms. The number of aryl methyl sites for hydroxylation is 3. The van der Waals surface area contributed by atoms with Crippen molar-refractivity contribution in [3.8, 4) is 0 Å². The van der Waals surface area contributed by atoms with Gasteiger partial charge in [-0.3, -0.25) is 4.98 Å². The molecule has 0 aliphatic carbocycles. The highest BCUT2D eigenvalue weighted by Gasteiger charge is 2.20. The molecule has 1 atom stereocenters. The Morgan fingerprint density at radius 3 is 2.59 bits per heavy atom. The molecule has 1 heterocycles. The van der Waals surface area contributed by atoms with Crippen LogP contribution < -0.4 is 0 Å². The van der Waals surface area contributed by atoms with Gasteiger partial charge in [0.15, 0.2) is 0 Å². The van der Waals surface area contributed by atoms with Crippen molar-refractivity contribution >= 4 is 5.71 Å². The molecule has 1 unspecified atom stereocenters. The van der Waals surface area contributed by atoms with Gasteiger partial charge in [-0.15, -0.1) is 0 Å². The quantitative estimate of drug-likeness (QED) is 0.323. The lowest BCUT2D eigenvalue weighted by Gasteiger charge is -2.21. The van der Waals surface area contributed by atoms with Gasteiger partial charge in [-0.25, -0.2) is 0 Å². The van der Waals surface area contributed by atoms with E-state index in [0.717, 1.165) is 24.1 Å². The van der Waals surface area contributed by atoms with Crippen LogP contribution in [0.4, 0.5) is 0 Å². The third-order valence-corrected chi connectivity index (χ3v) is 5.29. The number of pyridine rings is 1. The minimum absolute atomic E-state index is 0.0599. The van der Waals surface area contributed by atoms with E-state index in [1.807, 2.05) is 25.1 Å². The Balaban J connectivity index is 2.01. The molecule has 0 amide bonds. The second-order valence-electron chi connectivity index (χ2n) is 7.42. The molecule has 2 N–H and O–H groups in total. The Hall–Kier alpha value is -2.98. The van der Waals surface area contributed by atoms with Gasteiger partial charge in [-0.2, -0.15) is 0 Å². The number of rotatable bonds is 8. The SMILES string of the molecule is Cc1cc(/C(CC(c2cccc(CCCO)c2)c2ccccc2C)=N\O)ccn1. The number of benzene rings is 2. The summed E-state index contributed by atoms with van der Waals surface area (Å²) in [6.07, 6.45) is 3.91. The lowest BCUT2D eigenvalue weighted by atomic mass is 9.83. The van der Waals surface area contributed by atoms with Crippen molar-refractivity contribution in [2.75, 3.05) is 6.61 Å². The average molecular weight is 389 g/mol. The predicted molar refractivity (Wildman–Crippen MR) is 117 cm³/mol. The van der Waals surface area contributed by atoms with E-state index in [1.54, 1.807) is 6.20 Å². The second kappa shape index (κ2) is 9.99. The highest BCUT2D eigenvalue weighted by atomic mass is 16.4. The lowest BCUT2D eigenvalue weighted by Crippen LogP contribution is -2.12. The number of hydrogen-bond donors (Lipinski definition) is 2. The molecule has 29 heavy (non-hydrogen) atoms. The lowest BCUT2D eigenvalue weighted by molar-refractivity contribution is 0.288. The first-order valence-corrected chi connectivity index (χ1v) is 10.0. The van der Waals surface area contributed by atoms with Gasteiger partial charge < -0.3 is 10.3 Å². The maximum atomic E-state index is 9.79. The van der Waals surface area contributed by atoms with E-state index in [1.165, 1.54) is 22.3 Å². The summed E-state index contributed by atoms with van der Waals surface area (Å²) in [5.41, 5.74) is 7.24. The summed E-state index contributed by atoms with van der Waals surface area (Å²) in [5, 5.41) is 22.6. The van der Waals surface area contributed by atoms with Crippen LogP contribution in [0.2, 0.25) is 0 Å². The molecule has 0 fully saturated rings. The summed E-state index contributed by atoms with van der Waals surface area (Å²) in [4.78, 5) is 4.25. The first-order chi connectivity index (χ1) is 14.1. The number of aromatic nitrogens is 1. The van der Waals surface area contributed by atoms with Crippen molar-refractivity contribution in [2.45, 2.75) is 39.0 Å². The molecule has 150 valence electrons. The van der Waals surface area contributed by atoms with E-state index in [9.17, 15) is 10.3 Å². The summed E-state index contributed by atoms with van der Waals surface area (Å²) in [6, 6.07) is 20.7. The van der Waals surface area contributed by atoms with E-state index in [4.69, 9.17) is 0 Å². The van der Waals surface area contributed by atoms with Crippen LogP contribution in [-0.2, 0) is 6.42 Å². The van der Waals surface area contributed by atoms with Crippen LogP contribution in [0.5, 0.6) is 0 Å². The Labute approximate surface area is 172 Å². The van der Waals surface area contributed by atoms with Gasteiger partial charge in [0.25, 0.3) is 0 Å². The van der Waals surface area contributed by atoms with Crippen molar-refractivity contribution < 1.29 is 10.3 Å². The summed E-state index contributed by atoms with van der Waals surface area (Å²) < 4.78 is 0. The van der Waals surface area contributed by atoms with Gasteiger partial charge in [-0.1, -0.05) is 53.7 Å². The monoisotopic (exact) mass is 388 g/mol. The highest BCUT2D eigenvalue weighted by molar-refractivity contribution is 6.00. The molecule has 0 saturated heterocycles. The van der Waals surface area contributed by atoms with Crippen molar-refractivity contribution in [3.05, 3.63) is 100 Å². The fourth-order valence-corrected chi connectivity index (χ4v) is 3.77. The summed E-state index contributed by atoms with van der Waals surface area (Å²) in [6.45, 7) is 4.24. The molecular weight excluding hydrogens is 360 g/mol. The number of oxime groups is 1. The van der Waals surface area contributed by atoms with Crippen molar-refractivity contribution in [3.63, 3.8) is 0 Å². The van der Waals surface area contributed by atoms with E-state index in [2.05, 4.69) is 59.5 Å². The zero-order valence-electron chi connectivity index (χ0n) is 17.0. The fraction of sp³-hybridized carbons (Fsp3) is 0.280. The first kappa shape index (κ1) is 20.7. The molecule has 0 aliphatic heterocycles. The Bertz CT molecular complexity index is 982. The van der Waals surface area contributed by atoms with Gasteiger partial charge in [0.05, 0.1) is 5.71 Å². The Kier molecular flexibility index (Phi) is 7.14. The van der Waals surface area contributed by atoms with E-state index >= 15 is 0 Å². The number of nitrogens with zero attached hydrogens (tertiary/aromatic N) is 2. The molecule has 4 nitrogen and oxygen atoms in total. The molecule has 0 radical (unpaired) electrons. The van der Waals surface area contributed by atoms with E-state index < -0.39 is 0 Å². The first-order valence-electron chi connectivity index (χ1n) is 10.0. The summed E-state index contributed by atoms with van der Waals surface area (Å²) in [7, 11) is 0. The molecular formula is C25H28N2O2. The number of aliphatic hydroxyl groups excluding tert-OH is 1. The Morgan fingerprint density at radius 1 is 1.03 bits per heavy atom. The number of aliphatic hydroxyl groups is 1. The van der Waals surface area contributed by atoms with Crippen LogP contribution in [0.15, 0.2) is 72.0 Å². The minimum atomic E-state index is 0.0599. The molecule has 2 aromatic carbocycles. The normalized spacial score (nSPS) is 12.7. The third-order valence-electron chi connectivity index (χ3n) is 5.29. The molecule has 1 aromatic heterocycles. The van der Waals surface area contributed by atoms with Crippen molar-refractivity contribution in [1.82, 2.24) is 4.98 Å². The van der Waals surface area contributed by atoms with Crippen molar-refractivity contribution in [2.24, 2.45) is 5.16 Å². The number of hydrogen-bond acceptors (Lipinski definition) is 4. The molecule has 0 aliphatic rings. The van der Waals surface area contributed by atoms with Crippen LogP contribution in [0.1, 0.15) is 52.3 Å².